The van der Waals surface area contributed by atoms with Crippen LogP contribution in [0.3, 0.4) is 0 Å². The van der Waals surface area contributed by atoms with Crippen molar-refractivity contribution in [2.45, 2.75) is 60.5 Å². The normalized spacial score (nSPS) is 14.8. The Morgan fingerprint density at radius 1 is 1.18 bits per heavy atom. The Morgan fingerprint density at radius 2 is 1.71 bits per heavy atom. The van der Waals surface area contributed by atoms with Gasteiger partial charge in [-0.25, -0.2) is 0 Å². The molecule has 0 aliphatic heterocycles. The lowest BCUT2D eigenvalue weighted by molar-refractivity contribution is 0.143. The predicted molar refractivity (Wildman–Crippen MR) is 75.6 cm³/mol. The third kappa shape index (κ3) is 8.05. The summed E-state index contributed by atoms with van der Waals surface area (Å²) < 4.78 is 0. The van der Waals surface area contributed by atoms with E-state index in [1.165, 1.54) is 5.57 Å². The summed E-state index contributed by atoms with van der Waals surface area (Å²) in [4.78, 5) is 0. The molecule has 1 nitrogen and oxygen atoms in total. The Hall–Kier alpha value is -0.740. The van der Waals surface area contributed by atoms with Crippen LogP contribution >= 0.6 is 0 Å². The number of hydrogen-bond acceptors (Lipinski definition) is 1. The summed E-state index contributed by atoms with van der Waals surface area (Å²) in [5, 5.41) is 9.54. The smallest absolute Gasteiger partial charge is 0.119 e. The molecule has 0 bridgehead atoms. The summed E-state index contributed by atoms with van der Waals surface area (Å²) in [5.74, 6) is 7.58. The van der Waals surface area contributed by atoms with Crippen LogP contribution in [0.4, 0.5) is 0 Å². The molecule has 17 heavy (non-hydrogen) atoms. The molecule has 0 radical (unpaired) electrons. The average Bonchev–Trinajstić information content (AvgIpc) is 2.11. The quantitative estimate of drug-likeness (QED) is 0.577. The fraction of sp³-hybridized carbons (Fsp3) is 0.750. The molecule has 0 saturated carbocycles. The monoisotopic (exact) mass is 236 g/mol. The molecule has 0 fully saturated rings. The van der Waals surface area contributed by atoms with Crippen molar-refractivity contribution in [1.82, 2.24) is 0 Å². The van der Waals surface area contributed by atoms with Crippen molar-refractivity contribution < 1.29 is 5.11 Å². The lowest BCUT2D eigenvalue weighted by Gasteiger charge is -2.19. The molecule has 0 aliphatic carbocycles. The molecule has 0 saturated heterocycles. The van der Waals surface area contributed by atoms with E-state index in [0.29, 0.717) is 17.8 Å². The third-order valence-corrected chi connectivity index (χ3v) is 2.56. The molecule has 0 unspecified atom stereocenters. The van der Waals surface area contributed by atoms with Crippen LogP contribution in [0, 0.1) is 29.6 Å². The highest BCUT2D eigenvalue weighted by molar-refractivity contribution is 5.16. The summed E-state index contributed by atoms with van der Waals surface area (Å²) in [5.41, 5.74) is 0.601. The van der Waals surface area contributed by atoms with E-state index in [1.807, 2.05) is 0 Å². The first-order chi connectivity index (χ1) is 7.63. The molecular formula is C16H28O. The maximum atomic E-state index is 9.54. The molecule has 0 aliphatic rings. The van der Waals surface area contributed by atoms with Crippen LogP contribution in [-0.2, 0) is 0 Å². The minimum Gasteiger partial charge on any atom is -0.378 e. The molecule has 1 atom stereocenters. The van der Waals surface area contributed by atoms with Crippen LogP contribution in [0.1, 0.15) is 54.9 Å². The molecule has 0 heterocycles. The van der Waals surface area contributed by atoms with Gasteiger partial charge in [0.1, 0.15) is 5.60 Å². The van der Waals surface area contributed by atoms with Gasteiger partial charge in [0.2, 0.25) is 0 Å². The van der Waals surface area contributed by atoms with Crippen molar-refractivity contribution in [1.29, 1.82) is 0 Å². The van der Waals surface area contributed by atoms with E-state index in [1.54, 1.807) is 13.8 Å². The van der Waals surface area contributed by atoms with E-state index in [4.69, 9.17) is 0 Å². The minimum absolute atomic E-state index is 0.465. The van der Waals surface area contributed by atoms with E-state index < -0.39 is 5.60 Å². The zero-order valence-electron chi connectivity index (χ0n) is 12.5. The molecule has 0 spiro atoms. The predicted octanol–water partition coefficient (Wildman–Crippen LogP) is 4.03. The van der Waals surface area contributed by atoms with Gasteiger partial charge in [-0.2, -0.15) is 0 Å². The maximum absolute atomic E-state index is 9.54. The molecule has 1 heteroatoms. The van der Waals surface area contributed by atoms with Crippen LogP contribution in [0.25, 0.3) is 0 Å². The average molecular weight is 236 g/mol. The first kappa shape index (κ1) is 16.3. The summed E-state index contributed by atoms with van der Waals surface area (Å²) in [6.07, 6.45) is 3.17. The molecular weight excluding hydrogens is 208 g/mol. The topological polar surface area (TPSA) is 20.2 Å². The van der Waals surface area contributed by atoms with E-state index in [-0.39, 0.29) is 0 Å². The zero-order chi connectivity index (χ0) is 13.6. The third-order valence-electron chi connectivity index (χ3n) is 2.56. The second-order valence-corrected chi connectivity index (χ2v) is 6.03. The molecule has 1 N–H and O–H groups in total. The summed E-state index contributed by atoms with van der Waals surface area (Å²) in [6, 6.07) is 0. The van der Waals surface area contributed by atoms with E-state index in [2.05, 4.69) is 52.5 Å². The fourth-order valence-corrected chi connectivity index (χ4v) is 1.85. The van der Waals surface area contributed by atoms with E-state index in [0.717, 1.165) is 6.42 Å². The molecule has 0 aromatic carbocycles. The van der Waals surface area contributed by atoms with Crippen molar-refractivity contribution in [3.05, 3.63) is 11.6 Å². The first-order valence-electron chi connectivity index (χ1n) is 6.57. The van der Waals surface area contributed by atoms with Gasteiger partial charge in [0.05, 0.1) is 0 Å². The molecule has 98 valence electrons. The van der Waals surface area contributed by atoms with Crippen LogP contribution in [-0.4, -0.2) is 10.7 Å². The Labute approximate surface area is 107 Å². The minimum atomic E-state index is -0.876. The molecule has 0 aromatic heterocycles. The first-order valence-corrected chi connectivity index (χ1v) is 6.57. The van der Waals surface area contributed by atoms with Crippen molar-refractivity contribution in [2.75, 3.05) is 0 Å². The Balaban J connectivity index is 4.65. The van der Waals surface area contributed by atoms with Crippen molar-refractivity contribution in [3.8, 4) is 11.8 Å². The van der Waals surface area contributed by atoms with Crippen molar-refractivity contribution >= 4 is 0 Å². The van der Waals surface area contributed by atoms with Gasteiger partial charge >= 0.3 is 0 Å². The standard InChI is InChI=1S/C16H28O/c1-12(2)11-15(13(3)4)14(5)9-8-10-16(6,7)17/h11-14,17H,9H2,1-7H3/b15-11+/t14-/m1/s1. The van der Waals surface area contributed by atoms with Gasteiger partial charge in [-0.1, -0.05) is 58.1 Å². The van der Waals surface area contributed by atoms with Crippen molar-refractivity contribution in [2.24, 2.45) is 17.8 Å². The summed E-state index contributed by atoms with van der Waals surface area (Å²) >= 11 is 0. The van der Waals surface area contributed by atoms with E-state index >= 15 is 0 Å². The molecule has 0 aromatic rings. The lowest BCUT2D eigenvalue weighted by Crippen LogP contribution is -2.15. The highest BCUT2D eigenvalue weighted by atomic mass is 16.3. The van der Waals surface area contributed by atoms with Crippen LogP contribution in [0.2, 0.25) is 0 Å². The van der Waals surface area contributed by atoms with Gasteiger partial charge in [-0.15, -0.1) is 0 Å². The van der Waals surface area contributed by atoms with Crippen molar-refractivity contribution in [3.63, 3.8) is 0 Å². The Bertz CT molecular complexity index is 305. The molecule has 0 rings (SSSR count). The number of aliphatic hydroxyl groups is 1. The Kier molecular flexibility index (Phi) is 6.57. The Morgan fingerprint density at radius 3 is 2.06 bits per heavy atom. The van der Waals surface area contributed by atoms with Gasteiger partial charge in [-0.3, -0.25) is 0 Å². The summed E-state index contributed by atoms with van der Waals surface area (Å²) in [7, 11) is 0. The highest BCUT2D eigenvalue weighted by Crippen LogP contribution is 2.24. The van der Waals surface area contributed by atoms with Crippen LogP contribution in [0.5, 0.6) is 0 Å². The van der Waals surface area contributed by atoms with Gasteiger partial charge in [0, 0.05) is 6.42 Å². The van der Waals surface area contributed by atoms with Gasteiger partial charge in [0.25, 0.3) is 0 Å². The van der Waals surface area contributed by atoms with Gasteiger partial charge < -0.3 is 5.11 Å². The van der Waals surface area contributed by atoms with E-state index in [9.17, 15) is 5.11 Å². The lowest BCUT2D eigenvalue weighted by atomic mass is 9.87. The maximum Gasteiger partial charge on any atom is 0.119 e. The molecule has 0 amide bonds. The van der Waals surface area contributed by atoms with Crippen LogP contribution < -0.4 is 0 Å². The van der Waals surface area contributed by atoms with Crippen LogP contribution in [0.15, 0.2) is 11.6 Å². The second kappa shape index (κ2) is 6.87. The second-order valence-electron chi connectivity index (χ2n) is 6.03. The fourth-order valence-electron chi connectivity index (χ4n) is 1.85. The van der Waals surface area contributed by atoms with Gasteiger partial charge in [0.15, 0.2) is 0 Å². The zero-order valence-corrected chi connectivity index (χ0v) is 12.5. The number of allylic oxidation sites excluding steroid dienone is 2. The highest BCUT2D eigenvalue weighted by Gasteiger charge is 2.12. The van der Waals surface area contributed by atoms with Gasteiger partial charge in [-0.05, 0) is 31.6 Å². The number of hydrogen-bond donors (Lipinski definition) is 1. The number of rotatable bonds is 4. The summed E-state index contributed by atoms with van der Waals surface area (Å²) in [6.45, 7) is 14.5. The largest absolute Gasteiger partial charge is 0.378 e. The SMILES string of the molecule is CC(C)/C=C(\C(C)C)[C@H](C)CC#CC(C)(C)O.